The lowest BCUT2D eigenvalue weighted by molar-refractivity contribution is -0.138. The second-order valence-corrected chi connectivity index (χ2v) is 4.11. The summed E-state index contributed by atoms with van der Waals surface area (Å²) in [4.78, 5) is 23.1. The van der Waals surface area contributed by atoms with Crippen LogP contribution in [-0.2, 0) is 19.1 Å². The van der Waals surface area contributed by atoms with Crippen LogP contribution in [0.25, 0.3) is 5.69 Å². The molecule has 0 spiro atoms. The Labute approximate surface area is 129 Å². The maximum Gasteiger partial charge on any atom is 0.354 e. The van der Waals surface area contributed by atoms with Gasteiger partial charge in [0, 0.05) is 0 Å². The SMILES string of the molecule is COC(=O)/C=C(/Nc1cc(F)ccc1-n1cnnn1)C(=O)OC. The normalized spacial score (nSPS) is 11.0. The summed E-state index contributed by atoms with van der Waals surface area (Å²) in [6.45, 7) is 0. The Morgan fingerprint density at radius 2 is 2.09 bits per heavy atom. The van der Waals surface area contributed by atoms with Crippen molar-refractivity contribution in [2.45, 2.75) is 0 Å². The third-order valence-corrected chi connectivity index (χ3v) is 2.69. The van der Waals surface area contributed by atoms with Gasteiger partial charge in [-0.25, -0.2) is 14.0 Å². The highest BCUT2D eigenvalue weighted by molar-refractivity contribution is 5.99. The number of ether oxygens (including phenoxy) is 2. The number of benzene rings is 1. The molecule has 0 saturated heterocycles. The van der Waals surface area contributed by atoms with Crippen LogP contribution in [0, 0.1) is 5.82 Å². The second-order valence-electron chi connectivity index (χ2n) is 4.11. The number of methoxy groups -OCH3 is 2. The number of halogens is 1. The Balaban J connectivity index is 2.44. The average Bonchev–Trinajstić information content (AvgIpc) is 3.07. The molecule has 0 saturated carbocycles. The number of carbonyl (C=O) groups is 2. The van der Waals surface area contributed by atoms with Gasteiger partial charge in [-0.2, -0.15) is 4.68 Å². The second kappa shape index (κ2) is 7.11. The van der Waals surface area contributed by atoms with Gasteiger partial charge in [0.1, 0.15) is 17.8 Å². The Kier molecular flexibility index (Phi) is 4.97. The molecule has 1 aromatic heterocycles. The molecule has 23 heavy (non-hydrogen) atoms. The first-order valence-electron chi connectivity index (χ1n) is 6.23. The fourth-order valence-electron chi connectivity index (χ4n) is 1.66. The zero-order valence-corrected chi connectivity index (χ0v) is 12.2. The lowest BCUT2D eigenvalue weighted by Gasteiger charge is -2.13. The lowest BCUT2D eigenvalue weighted by atomic mass is 10.2. The summed E-state index contributed by atoms with van der Waals surface area (Å²) in [5, 5.41) is 13.3. The predicted molar refractivity (Wildman–Crippen MR) is 74.8 cm³/mol. The van der Waals surface area contributed by atoms with Crippen LogP contribution in [0.15, 0.2) is 36.3 Å². The van der Waals surface area contributed by atoms with Gasteiger partial charge >= 0.3 is 11.9 Å². The largest absolute Gasteiger partial charge is 0.466 e. The fourth-order valence-corrected chi connectivity index (χ4v) is 1.66. The number of tetrazole rings is 1. The highest BCUT2D eigenvalue weighted by Crippen LogP contribution is 2.22. The predicted octanol–water partition coefficient (Wildman–Crippen LogP) is 0.443. The Bertz CT molecular complexity index is 745. The maximum atomic E-state index is 13.5. The lowest BCUT2D eigenvalue weighted by Crippen LogP contribution is -2.16. The summed E-state index contributed by atoms with van der Waals surface area (Å²) < 4.78 is 23.8. The van der Waals surface area contributed by atoms with Crippen LogP contribution in [-0.4, -0.2) is 46.4 Å². The standard InChI is InChI=1S/C13H12FN5O4/c1-22-12(20)6-10(13(21)23-2)16-9-5-8(14)3-4-11(9)19-7-15-17-18-19/h3-7,16H,1-2H3/b10-6+. The molecule has 0 amide bonds. The molecule has 2 aromatic rings. The van der Waals surface area contributed by atoms with Gasteiger partial charge in [0.15, 0.2) is 0 Å². The molecule has 0 aliphatic rings. The molecule has 120 valence electrons. The van der Waals surface area contributed by atoms with Crippen molar-refractivity contribution >= 4 is 17.6 Å². The van der Waals surface area contributed by atoms with Crippen LogP contribution in [0.5, 0.6) is 0 Å². The first-order chi connectivity index (χ1) is 11.0. The number of nitrogens with zero attached hydrogens (tertiary/aromatic N) is 4. The molecule has 0 unspecified atom stereocenters. The molecule has 0 bridgehead atoms. The van der Waals surface area contributed by atoms with E-state index in [1.807, 2.05) is 0 Å². The first-order valence-corrected chi connectivity index (χ1v) is 6.23. The number of rotatable bonds is 5. The minimum Gasteiger partial charge on any atom is -0.466 e. The smallest absolute Gasteiger partial charge is 0.354 e. The van der Waals surface area contributed by atoms with Gasteiger partial charge in [-0.3, -0.25) is 0 Å². The molecule has 0 aliphatic carbocycles. The number of aromatic nitrogens is 4. The zero-order valence-electron chi connectivity index (χ0n) is 12.2. The molecule has 2 rings (SSSR count). The van der Waals surface area contributed by atoms with Gasteiger partial charge in [-0.1, -0.05) is 0 Å². The molecular weight excluding hydrogens is 309 g/mol. The molecule has 1 aromatic carbocycles. The first kappa shape index (κ1) is 16.1. The van der Waals surface area contributed by atoms with Crippen molar-refractivity contribution in [3.05, 3.63) is 42.1 Å². The third kappa shape index (κ3) is 3.87. The van der Waals surface area contributed by atoms with Gasteiger partial charge < -0.3 is 14.8 Å². The molecule has 9 nitrogen and oxygen atoms in total. The summed E-state index contributed by atoms with van der Waals surface area (Å²) in [6, 6.07) is 3.72. The van der Waals surface area contributed by atoms with Crippen molar-refractivity contribution in [1.29, 1.82) is 0 Å². The van der Waals surface area contributed by atoms with E-state index in [0.717, 1.165) is 26.4 Å². The van der Waals surface area contributed by atoms with Gasteiger partial charge in [-0.15, -0.1) is 5.10 Å². The van der Waals surface area contributed by atoms with Crippen molar-refractivity contribution in [3.63, 3.8) is 0 Å². The third-order valence-electron chi connectivity index (χ3n) is 2.69. The molecule has 0 fully saturated rings. The molecule has 0 atom stereocenters. The molecule has 0 aliphatic heterocycles. The minimum atomic E-state index is -0.831. The zero-order chi connectivity index (χ0) is 16.8. The number of anilines is 1. The van der Waals surface area contributed by atoms with E-state index in [-0.39, 0.29) is 11.4 Å². The van der Waals surface area contributed by atoms with Crippen molar-refractivity contribution in [1.82, 2.24) is 20.2 Å². The van der Waals surface area contributed by atoms with Crippen LogP contribution in [0.1, 0.15) is 0 Å². The van der Waals surface area contributed by atoms with Crippen molar-refractivity contribution in [2.24, 2.45) is 0 Å². The number of hydrogen-bond donors (Lipinski definition) is 1. The van der Waals surface area contributed by atoms with Gasteiger partial charge in [0.25, 0.3) is 0 Å². The van der Waals surface area contributed by atoms with E-state index in [2.05, 4.69) is 30.3 Å². The van der Waals surface area contributed by atoms with Crippen LogP contribution in [0.4, 0.5) is 10.1 Å². The number of carbonyl (C=O) groups excluding carboxylic acids is 2. The van der Waals surface area contributed by atoms with E-state index < -0.39 is 17.8 Å². The summed E-state index contributed by atoms with van der Waals surface area (Å²) in [5.41, 5.74) is 0.271. The van der Waals surface area contributed by atoms with Crippen LogP contribution in [0.2, 0.25) is 0 Å². The van der Waals surface area contributed by atoms with E-state index in [4.69, 9.17) is 0 Å². The highest BCUT2D eigenvalue weighted by Gasteiger charge is 2.16. The van der Waals surface area contributed by atoms with Crippen LogP contribution in [0.3, 0.4) is 0 Å². The fraction of sp³-hybridized carbons (Fsp3) is 0.154. The number of hydrogen-bond acceptors (Lipinski definition) is 8. The average molecular weight is 321 g/mol. The monoisotopic (exact) mass is 321 g/mol. The Morgan fingerprint density at radius 1 is 1.30 bits per heavy atom. The van der Waals surface area contributed by atoms with E-state index >= 15 is 0 Å². The molecule has 1 heterocycles. The molecular formula is C13H12FN5O4. The molecule has 10 heteroatoms. The van der Waals surface area contributed by atoms with E-state index in [9.17, 15) is 14.0 Å². The summed E-state index contributed by atoms with van der Waals surface area (Å²) in [6.07, 6.45) is 2.18. The Hall–Kier alpha value is -3.30. The van der Waals surface area contributed by atoms with Gasteiger partial charge in [-0.05, 0) is 28.6 Å². The van der Waals surface area contributed by atoms with Crippen molar-refractivity contribution < 1.29 is 23.5 Å². The summed E-state index contributed by atoms with van der Waals surface area (Å²) in [7, 11) is 2.30. The van der Waals surface area contributed by atoms with E-state index in [1.165, 1.54) is 23.1 Å². The van der Waals surface area contributed by atoms with Gasteiger partial charge in [0.2, 0.25) is 0 Å². The van der Waals surface area contributed by atoms with Crippen molar-refractivity contribution in [3.8, 4) is 5.69 Å². The maximum absolute atomic E-state index is 13.5. The van der Waals surface area contributed by atoms with Gasteiger partial charge in [0.05, 0.1) is 31.7 Å². The number of nitrogens with one attached hydrogen (secondary N) is 1. The quantitative estimate of drug-likeness (QED) is 0.624. The van der Waals surface area contributed by atoms with Crippen LogP contribution >= 0.6 is 0 Å². The van der Waals surface area contributed by atoms with E-state index in [1.54, 1.807) is 0 Å². The number of esters is 2. The van der Waals surface area contributed by atoms with Crippen molar-refractivity contribution in [2.75, 3.05) is 19.5 Å². The highest BCUT2D eigenvalue weighted by atomic mass is 19.1. The minimum absolute atomic E-state index is 0.151. The molecule has 1 N–H and O–H groups in total. The summed E-state index contributed by atoms with van der Waals surface area (Å²) >= 11 is 0. The molecule has 0 radical (unpaired) electrons. The van der Waals surface area contributed by atoms with Crippen LogP contribution < -0.4 is 5.32 Å². The summed E-state index contributed by atoms with van der Waals surface area (Å²) in [5.74, 6) is -2.17. The van der Waals surface area contributed by atoms with E-state index in [0.29, 0.717) is 5.69 Å². The Morgan fingerprint density at radius 3 is 2.70 bits per heavy atom. The topological polar surface area (TPSA) is 108 Å².